The van der Waals surface area contributed by atoms with Gasteiger partial charge in [0.05, 0.1) is 11.6 Å². The Kier molecular flexibility index (Phi) is 3.90. The maximum Gasteiger partial charge on any atom is 0.306 e. The number of benzene rings is 1. The largest absolute Gasteiger partial charge is 0.481 e. The Labute approximate surface area is 123 Å². The number of rotatable bonds is 4. The molecule has 0 spiro atoms. The Bertz CT molecular complexity index is 602. The van der Waals surface area contributed by atoms with E-state index in [-0.39, 0.29) is 5.92 Å². The molecule has 1 saturated carbocycles. The van der Waals surface area contributed by atoms with E-state index in [2.05, 4.69) is 21.6 Å². The van der Waals surface area contributed by atoms with E-state index >= 15 is 0 Å². The van der Waals surface area contributed by atoms with Gasteiger partial charge < -0.3 is 10.4 Å². The summed E-state index contributed by atoms with van der Waals surface area (Å²) in [6.07, 6.45) is 5.07. The maximum absolute atomic E-state index is 11.0. The molecule has 3 rings (SSSR count). The highest BCUT2D eigenvalue weighted by Gasteiger charge is 2.25. The van der Waals surface area contributed by atoms with Crippen LogP contribution >= 0.6 is 0 Å². The fraction of sp³-hybridized carbons (Fsp3) is 0.375. The predicted octanol–water partition coefficient (Wildman–Crippen LogP) is 3.13. The van der Waals surface area contributed by atoms with Gasteiger partial charge in [-0.1, -0.05) is 12.1 Å². The molecule has 5 heteroatoms. The van der Waals surface area contributed by atoms with E-state index in [9.17, 15) is 4.79 Å². The van der Waals surface area contributed by atoms with Gasteiger partial charge in [0.2, 0.25) is 0 Å². The van der Waals surface area contributed by atoms with Crippen molar-refractivity contribution >= 4 is 11.7 Å². The molecule has 1 heterocycles. The zero-order chi connectivity index (χ0) is 14.7. The van der Waals surface area contributed by atoms with Gasteiger partial charge in [0.15, 0.2) is 0 Å². The van der Waals surface area contributed by atoms with Crippen molar-refractivity contribution < 1.29 is 9.90 Å². The summed E-state index contributed by atoms with van der Waals surface area (Å²) in [6.45, 7) is 0. The maximum atomic E-state index is 11.0. The van der Waals surface area contributed by atoms with Crippen LogP contribution in [-0.4, -0.2) is 27.3 Å². The number of aromatic amines is 1. The lowest BCUT2D eigenvalue weighted by molar-refractivity contribution is -0.142. The van der Waals surface area contributed by atoms with E-state index in [1.54, 1.807) is 6.20 Å². The third-order valence-corrected chi connectivity index (χ3v) is 4.12. The zero-order valence-corrected chi connectivity index (χ0v) is 11.7. The van der Waals surface area contributed by atoms with E-state index in [1.165, 1.54) is 0 Å². The molecule has 0 bridgehead atoms. The molecule has 0 unspecified atom stereocenters. The summed E-state index contributed by atoms with van der Waals surface area (Å²) in [7, 11) is 0. The van der Waals surface area contributed by atoms with E-state index in [0.717, 1.165) is 42.6 Å². The predicted molar refractivity (Wildman–Crippen MR) is 81.0 cm³/mol. The summed E-state index contributed by atoms with van der Waals surface area (Å²) in [5.74, 6) is -0.825. The molecule has 1 aliphatic rings. The fourth-order valence-electron chi connectivity index (χ4n) is 2.91. The van der Waals surface area contributed by atoms with E-state index in [1.807, 2.05) is 24.3 Å². The van der Waals surface area contributed by atoms with Crippen molar-refractivity contribution in [3.63, 3.8) is 0 Å². The second-order valence-corrected chi connectivity index (χ2v) is 5.58. The summed E-state index contributed by atoms with van der Waals surface area (Å²) in [4.78, 5) is 11.0. The first-order valence-electron chi connectivity index (χ1n) is 7.31. The molecule has 0 aliphatic heterocycles. The normalized spacial score (nSPS) is 21.9. The number of anilines is 1. The molecule has 110 valence electrons. The molecule has 3 N–H and O–H groups in total. The number of carboxylic acid groups (broad SMARTS) is 1. The third-order valence-electron chi connectivity index (χ3n) is 4.12. The van der Waals surface area contributed by atoms with Crippen LogP contribution in [0.5, 0.6) is 0 Å². The Hall–Kier alpha value is -2.30. The number of hydrogen-bond acceptors (Lipinski definition) is 3. The van der Waals surface area contributed by atoms with Crippen molar-refractivity contribution in [2.45, 2.75) is 31.7 Å². The number of carboxylic acids is 1. The van der Waals surface area contributed by atoms with Crippen LogP contribution < -0.4 is 5.32 Å². The molecule has 1 aliphatic carbocycles. The highest BCUT2D eigenvalue weighted by Crippen LogP contribution is 2.28. The van der Waals surface area contributed by atoms with E-state index in [4.69, 9.17) is 5.11 Å². The molecule has 0 amide bonds. The van der Waals surface area contributed by atoms with Crippen LogP contribution in [0.15, 0.2) is 36.5 Å². The van der Waals surface area contributed by atoms with Gasteiger partial charge in [-0.2, -0.15) is 5.10 Å². The average Bonchev–Trinajstić information content (AvgIpc) is 3.02. The molecular weight excluding hydrogens is 266 g/mol. The standard InChI is InChI=1S/C16H19N3O2/c20-16(21)11-4-6-13(7-5-11)18-14-3-1-2-12(10-14)15-8-9-17-19-15/h1-3,8-11,13,18H,4-7H2,(H,17,19)(H,20,21). The van der Waals surface area contributed by atoms with Crippen molar-refractivity contribution in [3.8, 4) is 11.3 Å². The van der Waals surface area contributed by atoms with E-state index in [0.29, 0.717) is 6.04 Å². The highest BCUT2D eigenvalue weighted by atomic mass is 16.4. The summed E-state index contributed by atoms with van der Waals surface area (Å²) in [5, 5.41) is 19.5. The van der Waals surface area contributed by atoms with Crippen LogP contribution in [0.2, 0.25) is 0 Å². The third kappa shape index (κ3) is 3.24. The first kappa shape index (κ1) is 13.7. The number of nitrogens with zero attached hydrogens (tertiary/aromatic N) is 1. The van der Waals surface area contributed by atoms with E-state index < -0.39 is 5.97 Å². The number of aliphatic carboxylic acids is 1. The SMILES string of the molecule is O=C(O)C1CCC(Nc2cccc(-c3ccn[nH]3)c2)CC1. The van der Waals surface area contributed by atoms with Gasteiger partial charge in [-0.3, -0.25) is 9.89 Å². The Morgan fingerprint density at radius 3 is 2.71 bits per heavy atom. The van der Waals surface area contributed by atoms with Crippen molar-refractivity contribution in [2.75, 3.05) is 5.32 Å². The van der Waals surface area contributed by atoms with Gasteiger partial charge in [0, 0.05) is 23.5 Å². The van der Waals surface area contributed by atoms with Crippen LogP contribution in [0, 0.1) is 5.92 Å². The van der Waals surface area contributed by atoms with Crippen molar-refractivity contribution in [2.24, 2.45) is 5.92 Å². The average molecular weight is 285 g/mol. The van der Waals surface area contributed by atoms with Crippen LogP contribution in [0.4, 0.5) is 5.69 Å². The quantitative estimate of drug-likeness (QED) is 0.806. The minimum atomic E-state index is -0.658. The molecule has 0 radical (unpaired) electrons. The minimum absolute atomic E-state index is 0.167. The Morgan fingerprint density at radius 2 is 2.05 bits per heavy atom. The molecule has 0 atom stereocenters. The van der Waals surface area contributed by atoms with Crippen molar-refractivity contribution in [1.82, 2.24) is 10.2 Å². The second kappa shape index (κ2) is 5.99. The molecular formula is C16H19N3O2. The molecule has 1 fully saturated rings. The monoisotopic (exact) mass is 285 g/mol. The summed E-state index contributed by atoms with van der Waals surface area (Å²) >= 11 is 0. The molecule has 21 heavy (non-hydrogen) atoms. The molecule has 1 aromatic carbocycles. The molecule has 5 nitrogen and oxygen atoms in total. The zero-order valence-electron chi connectivity index (χ0n) is 11.7. The summed E-state index contributed by atoms with van der Waals surface area (Å²) in [5.41, 5.74) is 3.16. The lowest BCUT2D eigenvalue weighted by atomic mass is 9.86. The van der Waals surface area contributed by atoms with Gasteiger partial charge in [-0.25, -0.2) is 0 Å². The van der Waals surface area contributed by atoms with Gasteiger partial charge >= 0.3 is 5.97 Å². The van der Waals surface area contributed by atoms with Gasteiger partial charge in [0.1, 0.15) is 0 Å². The lowest BCUT2D eigenvalue weighted by Crippen LogP contribution is -2.29. The van der Waals surface area contributed by atoms with Crippen LogP contribution in [0.1, 0.15) is 25.7 Å². The summed E-state index contributed by atoms with van der Waals surface area (Å²) < 4.78 is 0. The molecule has 0 saturated heterocycles. The first-order valence-corrected chi connectivity index (χ1v) is 7.31. The molecule has 2 aromatic rings. The fourth-order valence-corrected chi connectivity index (χ4v) is 2.91. The van der Waals surface area contributed by atoms with Gasteiger partial charge in [-0.05, 0) is 43.9 Å². The minimum Gasteiger partial charge on any atom is -0.481 e. The van der Waals surface area contributed by atoms with Crippen LogP contribution in [-0.2, 0) is 4.79 Å². The Balaban J connectivity index is 1.64. The smallest absolute Gasteiger partial charge is 0.306 e. The lowest BCUT2D eigenvalue weighted by Gasteiger charge is -2.27. The van der Waals surface area contributed by atoms with Crippen molar-refractivity contribution in [3.05, 3.63) is 36.5 Å². The Morgan fingerprint density at radius 1 is 1.24 bits per heavy atom. The number of aromatic nitrogens is 2. The number of carbonyl (C=O) groups is 1. The first-order chi connectivity index (χ1) is 10.2. The topological polar surface area (TPSA) is 78.0 Å². The highest BCUT2D eigenvalue weighted by molar-refractivity contribution is 5.70. The van der Waals surface area contributed by atoms with Gasteiger partial charge in [-0.15, -0.1) is 0 Å². The summed E-state index contributed by atoms with van der Waals surface area (Å²) in [6, 6.07) is 10.5. The number of hydrogen-bond donors (Lipinski definition) is 3. The molecule has 1 aromatic heterocycles. The van der Waals surface area contributed by atoms with Crippen LogP contribution in [0.3, 0.4) is 0 Å². The van der Waals surface area contributed by atoms with Crippen molar-refractivity contribution in [1.29, 1.82) is 0 Å². The second-order valence-electron chi connectivity index (χ2n) is 5.58. The number of H-pyrrole nitrogens is 1. The van der Waals surface area contributed by atoms with Gasteiger partial charge in [0.25, 0.3) is 0 Å². The number of nitrogens with one attached hydrogen (secondary N) is 2. The van der Waals surface area contributed by atoms with Crippen LogP contribution in [0.25, 0.3) is 11.3 Å².